The minimum Gasteiger partial charge on any atom is -0.489 e. The SMILES string of the molecule is Cc1cnc(Nc2cc3c(cc2OC(C)C)CN(C2CCN(C(=O)C4CCCN4C)CC2)C3=O)nc1Nc1ccccc1S(=O)(=O)C(C)C. The van der Waals surface area contributed by atoms with E-state index in [1.165, 1.54) is 0 Å². The molecule has 1 unspecified atom stereocenters. The lowest BCUT2D eigenvalue weighted by molar-refractivity contribution is -0.137. The summed E-state index contributed by atoms with van der Waals surface area (Å²) in [7, 11) is -1.53. The van der Waals surface area contributed by atoms with Crippen molar-refractivity contribution in [2.45, 2.75) is 95.2 Å². The number of carbonyl (C=O) groups excluding carboxylic acids is 2. The summed E-state index contributed by atoms with van der Waals surface area (Å²) < 4.78 is 32.3. The first kappa shape index (κ1) is 34.6. The van der Waals surface area contributed by atoms with E-state index in [0.29, 0.717) is 48.1 Å². The molecule has 262 valence electrons. The molecule has 0 spiro atoms. The van der Waals surface area contributed by atoms with Gasteiger partial charge in [0, 0.05) is 43.0 Å². The maximum atomic E-state index is 13.8. The van der Waals surface area contributed by atoms with Gasteiger partial charge in [-0.3, -0.25) is 14.5 Å². The summed E-state index contributed by atoms with van der Waals surface area (Å²) in [4.78, 5) is 42.4. The number of ether oxygens (including phenoxy) is 1. The number of rotatable bonds is 10. The number of fused-ring (bicyclic) bond motifs is 1. The minimum atomic E-state index is -3.55. The van der Waals surface area contributed by atoms with Crippen LogP contribution in [0.4, 0.5) is 23.1 Å². The van der Waals surface area contributed by atoms with Gasteiger partial charge in [-0.1, -0.05) is 12.1 Å². The van der Waals surface area contributed by atoms with Gasteiger partial charge in [0.15, 0.2) is 9.84 Å². The van der Waals surface area contributed by atoms with Gasteiger partial charge in [0.1, 0.15) is 11.6 Å². The van der Waals surface area contributed by atoms with E-state index < -0.39 is 15.1 Å². The standard InChI is InChI=1S/C36H47N7O5S/c1-22(2)48-31-18-25-21-43(26-13-16-42(17-14-26)35(45)30-11-9-15-41(30)6)34(44)27(25)19-29(31)39-36-37-20-24(5)33(40-36)38-28-10-7-8-12-32(28)49(46,47)23(3)4/h7-8,10,12,18-20,22-23,26,30H,9,11,13-17,21H2,1-6H3,(H2,37,38,39,40). The first-order chi connectivity index (χ1) is 23.3. The summed E-state index contributed by atoms with van der Waals surface area (Å²) in [6.07, 6.45) is 4.99. The number of anilines is 4. The van der Waals surface area contributed by atoms with Crippen LogP contribution < -0.4 is 15.4 Å². The monoisotopic (exact) mass is 689 g/mol. The highest BCUT2D eigenvalue weighted by Gasteiger charge is 2.38. The van der Waals surface area contributed by atoms with Gasteiger partial charge in [0.2, 0.25) is 11.9 Å². The number of hydrogen-bond donors (Lipinski definition) is 2. The molecule has 0 radical (unpaired) electrons. The van der Waals surface area contributed by atoms with Gasteiger partial charge in [-0.25, -0.2) is 13.4 Å². The van der Waals surface area contributed by atoms with Crippen molar-refractivity contribution >= 4 is 44.8 Å². The number of carbonyl (C=O) groups is 2. The van der Waals surface area contributed by atoms with Crippen molar-refractivity contribution in [3.63, 3.8) is 0 Å². The number of piperidine rings is 1. The van der Waals surface area contributed by atoms with Crippen molar-refractivity contribution in [3.8, 4) is 5.75 Å². The zero-order valence-corrected chi connectivity index (χ0v) is 30.0. The Hall–Kier alpha value is -4.23. The highest BCUT2D eigenvalue weighted by molar-refractivity contribution is 7.92. The van der Waals surface area contributed by atoms with Gasteiger partial charge in [0.05, 0.1) is 33.7 Å². The predicted molar refractivity (Wildman–Crippen MR) is 189 cm³/mol. The van der Waals surface area contributed by atoms with Crippen molar-refractivity contribution in [1.29, 1.82) is 0 Å². The van der Waals surface area contributed by atoms with Crippen LogP contribution >= 0.6 is 0 Å². The van der Waals surface area contributed by atoms with Crippen LogP contribution in [0.5, 0.6) is 5.75 Å². The number of likely N-dealkylation sites (tertiary alicyclic amines) is 2. The third kappa shape index (κ3) is 7.09. The summed E-state index contributed by atoms with van der Waals surface area (Å²) in [5.41, 5.74) is 3.21. The van der Waals surface area contributed by atoms with E-state index >= 15 is 0 Å². The van der Waals surface area contributed by atoms with Crippen molar-refractivity contribution in [2.75, 3.05) is 37.3 Å². The molecule has 2 fully saturated rings. The number of sulfone groups is 1. The second-order valence-electron chi connectivity index (χ2n) is 13.9. The fourth-order valence-electron chi connectivity index (χ4n) is 6.89. The number of nitrogens with zero attached hydrogens (tertiary/aromatic N) is 5. The fourth-order valence-corrected chi connectivity index (χ4v) is 8.09. The lowest BCUT2D eigenvalue weighted by Crippen LogP contribution is -2.51. The van der Waals surface area contributed by atoms with Crippen LogP contribution in [0.1, 0.15) is 74.9 Å². The van der Waals surface area contributed by atoms with Crippen LogP contribution in [0.15, 0.2) is 47.5 Å². The first-order valence-corrected chi connectivity index (χ1v) is 18.7. The third-order valence-electron chi connectivity index (χ3n) is 9.71. The predicted octanol–water partition coefficient (Wildman–Crippen LogP) is 5.28. The Labute approximate surface area is 289 Å². The fraction of sp³-hybridized carbons (Fsp3) is 0.500. The molecule has 3 aromatic rings. The number of likely N-dealkylation sites (N-methyl/N-ethyl adjacent to an activating group) is 1. The van der Waals surface area contributed by atoms with E-state index in [-0.39, 0.29) is 40.8 Å². The molecule has 3 aliphatic rings. The van der Waals surface area contributed by atoms with Gasteiger partial charge in [-0.2, -0.15) is 4.98 Å². The number of amides is 2. The van der Waals surface area contributed by atoms with Crippen LogP contribution in [0, 0.1) is 6.92 Å². The molecule has 2 aromatic carbocycles. The zero-order valence-electron chi connectivity index (χ0n) is 29.2. The topological polar surface area (TPSA) is 137 Å². The van der Waals surface area contributed by atoms with E-state index in [1.807, 2.05) is 49.8 Å². The number of aromatic nitrogens is 2. The Morgan fingerprint density at radius 2 is 1.73 bits per heavy atom. The van der Waals surface area contributed by atoms with Crippen LogP contribution in [-0.2, 0) is 21.2 Å². The quantitative estimate of drug-likeness (QED) is 0.289. The zero-order chi connectivity index (χ0) is 35.0. The van der Waals surface area contributed by atoms with Crippen molar-refractivity contribution in [1.82, 2.24) is 24.7 Å². The summed E-state index contributed by atoms with van der Waals surface area (Å²) in [5, 5.41) is 5.88. The molecule has 12 nitrogen and oxygen atoms in total. The summed E-state index contributed by atoms with van der Waals surface area (Å²) in [5.74, 6) is 1.46. The molecule has 2 N–H and O–H groups in total. The lowest BCUT2D eigenvalue weighted by atomic mass is 10.0. The highest BCUT2D eigenvalue weighted by Crippen LogP contribution is 2.38. The third-order valence-corrected chi connectivity index (χ3v) is 11.9. The normalized spacial score (nSPS) is 18.8. The molecule has 2 saturated heterocycles. The van der Waals surface area contributed by atoms with Crippen LogP contribution in [0.2, 0.25) is 0 Å². The number of para-hydroxylation sites is 1. The van der Waals surface area contributed by atoms with Crippen molar-refractivity contribution in [2.24, 2.45) is 0 Å². The summed E-state index contributed by atoms with van der Waals surface area (Å²) in [6.45, 7) is 11.8. The Balaban J connectivity index is 1.21. The van der Waals surface area contributed by atoms with Crippen molar-refractivity contribution in [3.05, 3.63) is 59.3 Å². The number of nitrogens with one attached hydrogen (secondary N) is 2. The number of aryl methyl sites for hydroxylation is 1. The number of benzene rings is 2. The number of hydrogen-bond acceptors (Lipinski definition) is 10. The highest BCUT2D eigenvalue weighted by atomic mass is 32.2. The first-order valence-electron chi connectivity index (χ1n) is 17.2. The Kier molecular flexibility index (Phi) is 9.86. The maximum Gasteiger partial charge on any atom is 0.254 e. The van der Waals surface area contributed by atoms with Crippen LogP contribution in [-0.4, -0.2) is 95.0 Å². The Morgan fingerprint density at radius 3 is 2.41 bits per heavy atom. The van der Waals surface area contributed by atoms with Gasteiger partial charge in [0.25, 0.3) is 5.91 Å². The van der Waals surface area contributed by atoms with Crippen LogP contribution in [0.25, 0.3) is 0 Å². The molecular formula is C36H47N7O5S. The molecule has 1 atom stereocenters. The average Bonchev–Trinajstić information content (AvgIpc) is 3.64. The largest absolute Gasteiger partial charge is 0.489 e. The maximum absolute atomic E-state index is 13.8. The molecule has 2 amide bonds. The van der Waals surface area contributed by atoms with Crippen molar-refractivity contribution < 1.29 is 22.7 Å². The minimum absolute atomic E-state index is 0.0271. The van der Waals surface area contributed by atoms with Crippen LogP contribution in [0.3, 0.4) is 0 Å². The Bertz CT molecular complexity index is 1840. The molecule has 13 heteroatoms. The second-order valence-corrected chi connectivity index (χ2v) is 16.3. The molecular weight excluding hydrogens is 643 g/mol. The molecule has 0 bridgehead atoms. The smallest absolute Gasteiger partial charge is 0.254 e. The second kappa shape index (κ2) is 13.9. The van der Waals surface area contributed by atoms with E-state index in [2.05, 4.69) is 20.5 Å². The van der Waals surface area contributed by atoms with E-state index in [9.17, 15) is 18.0 Å². The van der Waals surface area contributed by atoms with Gasteiger partial charge in [-0.15, -0.1) is 0 Å². The van der Waals surface area contributed by atoms with Gasteiger partial charge >= 0.3 is 0 Å². The molecule has 0 saturated carbocycles. The van der Waals surface area contributed by atoms with Gasteiger partial charge in [-0.05, 0) is 104 Å². The lowest BCUT2D eigenvalue weighted by Gasteiger charge is -2.38. The molecule has 4 heterocycles. The Morgan fingerprint density at radius 1 is 1.00 bits per heavy atom. The molecule has 6 rings (SSSR count). The summed E-state index contributed by atoms with van der Waals surface area (Å²) in [6, 6.07) is 10.5. The molecule has 49 heavy (non-hydrogen) atoms. The van der Waals surface area contributed by atoms with E-state index in [1.54, 1.807) is 44.3 Å². The molecule has 3 aliphatic heterocycles. The molecule has 1 aromatic heterocycles. The van der Waals surface area contributed by atoms with E-state index in [4.69, 9.17) is 9.72 Å². The molecule has 0 aliphatic carbocycles. The van der Waals surface area contributed by atoms with E-state index in [0.717, 1.165) is 43.4 Å². The average molecular weight is 690 g/mol. The summed E-state index contributed by atoms with van der Waals surface area (Å²) >= 11 is 0. The van der Waals surface area contributed by atoms with Gasteiger partial charge < -0.3 is 25.2 Å².